The van der Waals surface area contributed by atoms with Gasteiger partial charge in [0.2, 0.25) is 0 Å². The Hall–Kier alpha value is -0.960. The summed E-state index contributed by atoms with van der Waals surface area (Å²) in [5.74, 6) is 0.978. The zero-order valence-corrected chi connectivity index (χ0v) is 9.58. The molecule has 2 rings (SSSR count). The Balaban J connectivity index is 2.28. The highest BCUT2D eigenvalue weighted by molar-refractivity contribution is 5.24. The van der Waals surface area contributed by atoms with Crippen LogP contribution in [0.3, 0.4) is 0 Å². The molecule has 0 fully saturated rings. The van der Waals surface area contributed by atoms with Crippen LogP contribution in [-0.2, 0) is 12.8 Å². The number of rotatable bonds is 3. The van der Waals surface area contributed by atoms with Crippen LogP contribution < -0.4 is 5.32 Å². The van der Waals surface area contributed by atoms with E-state index in [0.29, 0.717) is 6.04 Å². The van der Waals surface area contributed by atoms with Crippen LogP contribution in [0.15, 0.2) is 6.20 Å². The molecule has 0 aromatic carbocycles. The van der Waals surface area contributed by atoms with Crippen molar-refractivity contribution in [2.75, 3.05) is 6.54 Å². The van der Waals surface area contributed by atoms with Gasteiger partial charge in [0.05, 0.1) is 0 Å². The van der Waals surface area contributed by atoms with Crippen molar-refractivity contribution in [3.8, 4) is 0 Å². The first kappa shape index (κ1) is 10.6. The van der Waals surface area contributed by atoms with Gasteiger partial charge < -0.3 is 5.32 Å². The Bertz CT molecular complexity index is 336. The molecule has 0 saturated carbocycles. The van der Waals surface area contributed by atoms with Gasteiger partial charge in [0.25, 0.3) is 0 Å². The summed E-state index contributed by atoms with van der Waals surface area (Å²) in [5, 5.41) is 3.50. The van der Waals surface area contributed by atoms with E-state index in [1.54, 1.807) is 0 Å². The molecule has 1 atom stereocenters. The van der Waals surface area contributed by atoms with E-state index in [-0.39, 0.29) is 0 Å². The van der Waals surface area contributed by atoms with E-state index in [1.807, 2.05) is 6.20 Å². The Morgan fingerprint density at radius 2 is 2.33 bits per heavy atom. The van der Waals surface area contributed by atoms with Crippen molar-refractivity contribution in [3.05, 3.63) is 23.3 Å². The van der Waals surface area contributed by atoms with Gasteiger partial charge in [-0.25, -0.2) is 9.97 Å². The molecule has 1 aliphatic carbocycles. The Kier molecular flexibility index (Phi) is 3.31. The quantitative estimate of drug-likeness (QED) is 0.820. The Morgan fingerprint density at radius 1 is 1.47 bits per heavy atom. The van der Waals surface area contributed by atoms with E-state index >= 15 is 0 Å². The van der Waals surface area contributed by atoms with Crippen molar-refractivity contribution < 1.29 is 0 Å². The molecule has 0 aliphatic heterocycles. The summed E-state index contributed by atoms with van der Waals surface area (Å²) in [6.07, 6.45) is 6.53. The maximum absolute atomic E-state index is 4.61. The van der Waals surface area contributed by atoms with E-state index in [4.69, 9.17) is 0 Å². The molecule has 0 radical (unpaired) electrons. The molecular formula is C12H19N3. The Labute approximate surface area is 91.3 Å². The monoisotopic (exact) mass is 205 g/mol. The molecule has 1 N–H and O–H groups in total. The zero-order chi connectivity index (χ0) is 10.7. The molecule has 3 heteroatoms. The summed E-state index contributed by atoms with van der Waals surface area (Å²) >= 11 is 0. The van der Waals surface area contributed by atoms with Gasteiger partial charge in [0.15, 0.2) is 0 Å². The number of hydrogen-bond acceptors (Lipinski definition) is 3. The second-order valence-corrected chi connectivity index (χ2v) is 4.04. The molecule has 1 aliphatic rings. The van der Waals surface area contributed by atoms with Gasteiger partial charge in [-0.2, -0.15) is 0 Å². The predicted octanol–water partition coefficient (Wildman–Crippen LogP) is 2.03. The van der Waals surface area contributed by atoms with Crippen molar-refractivity contribution in [1.29, 1.82) is 0 Å². The molecule has 1 unspecified atom stereocenters. The number of aromatic nitrogens is 2. The molecule has 1 aromatic heterocycles. The average molecular weight is 205 g/mol. The second-order valence-electron chi connectivity index (χ2n) is 4.04. The molecule has 1 aromatic rings. The highest BCUT2D eigenvalue weighted by Gasteiger charge is 2.20. The highest BCUT2D eigenvalue weighted by atomic mass is 14.9. The summed E-state index contributed by atoms with van der Waals surface area (Å²) in [6, 6.07) is 0.477. The second kappa shape index (κ2) is 4.71. The fraction of sp³-hybridized carbons (Fsp3) is 0.667. The number of fused-ring (bicyclic) bond motifs is 1. The third-order valence-corrected chi connectivity index (χ3v) is 3.00. The minimum Gasteiger partial charge on any atom is -0.310 e. The maximum atomic E-state index is 4.61. The topological polar surface area (TPSA) is 37.8 Å². The van der Waals surface area contributed by atoms with Crippen molar-refractivity contribution in [3.63, 3.8) is 0 Å². The number of aryl methyl sites for hydroxylation is 2. The van der Waals surface area contributed by atoms with Gasteiger partial charge in [-0.15, -0.1) is 0 Å². The first-order valence-electron chi connectivity index (χ1n) is 5.93. The predicted molar refractivity (Wildman–Crippen MR) is 60.8 cm³/mol. The molecule has 82 valence electrons. The van der Waals surface area contributed by atoms with Crippen LogP contribution in [0.2, 0.25) is 0 Å². The third kappa shape index (κ3) is 2.17. The minimum atomic E-state index is 0.477. The van der Waals surface area contributed by atoms with E-state index in [0.717, 1.165) is 25.2 Å². The summed E-state index contributed by atoms with van der Waals surface area (Å²) in [4.78, 5) is 9.01. The van der Waals surface area contributed by atoms with Crippen LogP contribution in [0.5, 0.6) is 0 Å². The molecule has 0 bridgehead atoms. The standard InChI is InChI=1S/C12H19N3/c1-3-12-14-8-9-10(13-4-2)6-5-7-11(9)15-12/h8,10,13H,3-7H2,1-2H3. The van der Waals surface area contributed by atoms with E-state index < -0.39 is 0 Å². The molecule has 0 amide bonds. The smallest absolute Gasteiger partial charge is 0.128 e. The van der Waals surface area contributed by atoms with Crippen molar-refractivity contribution in [1.82, 2.24) is 15.3 Å². The van der Waals surface area contributed by atoms with Gasteiger partial charge in [0, 0.05) is 29.9 Å². The van der Waals surface area contributed by atoms with Crippen LogP contribution in [0.4, 0.5) is 0 Å². The highest BCUT2D eigenvalue weighted by Crippen LogP contribution is 2.27. The van der Waals surface area contributed by atoms with Gasteiger partial charge in [0.1, 0.15) is 5.82 Å². The van der Waals surface area contributed by atoms with E-state index in [2.05, 4.69) is 29.1 Å². The number of hydrogen-bond donors (Lipinski definition) is 1. The van der Waals surface area contributed by atoms with E-state index in [1.165, 1.54) is 24.1 Å². The van der Waals surface area contributed by atoms with Crippen LogP contribution in [0.1, 0.15) is 49.8 Å². The first-order valence-corrected chi connectivity index (χ1v) is 5.93. The van der Waals surface area contributed by atoms with Gasteiger partial charge in [-0.1, -0.05) is 13.8 Å². The van der Waals surface area contributed by atoms with Crippen LogP contribution in [-0.4, -0.2) is 16.5 Å². The fourth-order valence-electron chi connectivity index (χ4n) is 2.22. The summed E-state index contributed by atoms with van der Waals surface area (Å²) in [6.45, 7) is 5.27. The lowest BCUT2D eigenvalue weighted by Gasteiger charge is -2.25. The van der Waals surface area contributed by atoms with Crippen LogP contribution in [0.25, 0.3) is 0 Å². The van der Waals surface area contributed by atoms with Crippen molar-refractivity contribution in [2.24, 2.45) is 0 Å². The number of nitrogens with one attached hydrogen (secondary N) is 1. The largest absolute Gasteiger partial charge is 0.310 e. The molecule has 3 nitrogen and oxygen atoms in total. The lowest BCUT2D eigenvalue weighted by Crippen LogP contribution is -2.26. The summed E-state index contributed by atoms with van der Waals surface area (Å²) in [5.41, 5.74) is 2.58. The lowest BCUT2D eigenvalue weighted by atomic mass is 9.92. The van der Waals surface area contributed by atoms with Crippen molar-refractivity contribution in [2.45, 2.75) is 45.6 Å². The van der Waals surface area contributed by atoms with Crippen LogP contribution >= 0.6 is 0 Å². The molecule has 15 heavy (non-hydrogen) atoms. The van der Waals surface area contributed by atoms with Gasteiger partial charge in [-0.05, 0) is 25.8 Å². The van der Waals surface area contributed by atoms with Gasteiger partial charge in [-0.3, -0.25) is 0 Å². The summed E-state index contributed by atoms with van der Waals surface area (Å²) in [7, 11) is 0. The average Bonchev–Trinajstić information content (AvgIpc) is 2.29. The first-order chi connectivity index (χ1) is 7.35. The van der Waals surface area contributed by atoms with Crippen molar-refractivity contribution >= 4 is 0 Å². The fourth-order valence-corrected chi connectivity index (χ4v) is 2.22. The maximum Gasteiger partial charge on any atom is 0.128 e. The molecule has 1 heterocycles. The molecule has 0 saturated heterocycles. The zero-order valence-electron chi connectivity index (χ0n) is 9.58. The third-order valence-electron chi connectivity index (χ3n) is 3.00. The molecular weight excluding hydrogens is 186 g/mol. The van der Waals surface area contributed by atoms with E-state index in [9.17, 15) is 0 Å². The van der Waals surface area contributed by atoms with Crippen LogP contribution in [0, 0.1) is 0 Å². The van der Waals surface area contributed by atoms with Gasteiger partial charge >= 0.3 is 0 Å². The normalized spacial score (nSPS) is 20.0. The SMILES string of the molecule is CCNC1CCCc2nc(CC)ncc21. The Morgan fingerprint density at radius 3 is 3.07 bits per heavy atom. The lowest BCUT2D eigenvalue weighted by molar-refractivity contribution is 0.462. The minimum absolute atomic E-state index is 0.477. The molecule has 0 spiro atoms. The summed E-state index contributed by atoms with van der Waals surface area (Å²) < 4.78 is 0. The number of nitrogens with zero attached hydrogens (tertiary/aromatic N) is 2.